The van der Waals surface area contributed by atoms with E-state index in [9.17, 15) is 9.59 Å². The fourth-order valence-electron chi connectivity index (χ4n) is 3.04. The van der Waals surface area contributed by atoms with Crippen molar-refractivity contribution in [2.45, 2.75) is 46.0 Å². The SMILES string of the molecule is CCCCNC(=O)C1=C(CCCC)c2cc(OC)c(OC)cc2C1=O. The Balaban J connectivity index is 2.46. The highest BCUT2D eigenvalue weighted by Gasteiger charge is 2.34. The van der Waals surface area contributed by atoms with Crippen molar-refractivity contribution < 1.29 is 19.1 Å². The number of hydrogen-bond donors (Lipinski definition) is 1. The van der Waals surface area contributed by atoms with E-state index < -0.39 is 0 Å². The molecule has 0 saturated carbocycles. The van der Waals surface area contributed by atoms with Crippen LogP contribution >= 0.6 is 0 Å². The van der Waals surface area contributed by atoms with Crippen LogP contribution in [0.3, 0.4) is 0 Å². The first-order valence-corrected chi connectivity index (χ1v) is 8.91. The number of allylic oxidation sites excluding steroid dienone is 1. The fraction of sp³-hybridized carbons (Fsp3) is 0.500. The molecule has 1 amide bonds. The van der Waals surface area contributed by atoms with E-state index in [0.29, 0.717) is 30.0 Å². The zero-order valence-electron chi connectivity index (χ0n) is 15.5. The minimum Gasteiger partial charge on any atom is -0.493 e. The van der Waals surface area contributed by atoms with E-state index in [4.69, 9.17) is 9.47 Å². The molecule has 0 aromatic heterocycles. The lowest BCUT2D eigenvalue weighted by atomic mass is 9.99. The molecule has 1 aromatic carbocycles. The second-order valence-electron chi connectivity index (χ2n) is 6.15. The quantitative estimate of drug-likeness (QED) is 0.547. The molecule has 5 nitrogen and oxygen atoms in total. The first kappa shape index (κ1) is 19.0. The molecule has 1 aliphatic rings. The predicted molar refractivity (Wildman–Crippen MR) is 98.2 cm³/mol. The van der Waals surface area contributed by atoms with Crippen LogP contribution in [0.25, 0.3) is 5.57 Å². The summed E-state index contributed by atoms with van der Waals surface area (Å²) >= 11 is 0. The Morgan fingerprint density at radius 3 is 2.16 bits per heavy atom. The average molecular weight is 345 g/mol. The normalized spacial score (nSPS) is 13.0. The van der Waals surface area contributed by atoms with Gasteiger partial charge in [-0.1, -0.05) is 26.7 Å². The Hall–Kier alpha value is -2.30. The summed E-state index contributed by atoms with van der Waals surface area (Å²) in [7, 11) is 3.10. The van der Waals surface area contributed by atoms with Gasteiger partial charge in [-0.3, -0.25) is 9.59 Å². The van der Waals surface area contributed by atoms with Crippen LogP contribution in [0.1, 0.15) is 61.9 Å². The van der Waals surface area contributed by atoms with Gasteiger partial charge in [-0.2, -0.15) is 0 Å². The molecule has 25 heavy (non-hydrogen) atoms. The summed E-state index contributed by atoms with van der Waals surface area (Å²) in [5.74, 6) is 0.558. The average Bonchev–Trinajstić information content (AvgIpc) is 2.90. The highest BCUT2D eigenvalue weighted by molar-refractivity contribution is 6.34. The van der Waals surface area contributed by atoms with Crippen molar-refractivity contribution in [3.63, 3.8) is 0 Å². The van der Waals surface area contributed by atoms with Crippen LogP contribution in [0.5, 0.6) is 11.5 Å². The lowest BCUT2D eigenvalue weighted by molar-refractivity contribution is -0.117. The van der Waals surface area contributed by atoms with Crippen molar-refractivity contribution in [1.29, 1.82) is 0 Å². The van der Waals surface area contributed by atoms with Gasteiger partial charge in [0.1, 0.15) is 0 Å². The van der Waals surface area contributed by atoms with Gasteiger partial charge in [0, 0.05) is 12.1 Å². The molecule has 0 heterocycles. The summed E-state index contributed by atoms with van der Waals surface area (Å²) in [5, 5.41) is 2.87. The third-order valence-corrected chi connectivity index (χ3v) is 4.45. The number of ketones is 1. The van der Waals surface area contributed by atoms with E-state index in [1.807, 2.05) is 6.07 Å². The van der Waals surface area contributed by atoms with Crippen molar-refractivity contribution in [1.82, 2.24) is 5.32 Å². The third-order valence-electron chi connectivity index (χ3n) is 4.45. The van der Waals surface area contributed by atoms with Gasteiger partial charge >= 0.3 is 0 Å². The maximum absolute atomic E-state index is 12.9. The number of hydrogen-bond acceptors (Lipinski definition) is 4. The van der Waals surface area contributed by atoms with Gasteiger partial charge in [0.05, 0.1) is 19.8 Å². The van der Waals surface area contributed by atoms with Gasteiger partial charge in [0.2, 0.25) is 0 Å². The van der Waals surface area contributed by atoms with Gasteiger partial charge in [-0.25, -0.2) is 0 Å². The van der Waals surface area contributed by atoms with Crippen LogP contribution in [-0.4, -0.2) is 32.5 Å². The van der Waals surface area contributed by atoms with Crippen LogP contribution in [0.2, 0.25) is 0 Å². The van der Waals surface area contributed by atoms with E-state index in [1.165, 1.54) is 7.11 Å². The molecule has 0 aliphatic heterocycles. The molecule has 0 fully saturated rings. The number of rotatable bonds is 9. The summed E-state index contributed by atoms with van der Waals surface area (Å²) in [6, 6.07) is 3.48. The smallest absolute Gasteiger partial charge is 0.255 e. The summed E-state index contributed by atoms with van der Waals surface area (Å²) in [6.45, 7) is 4.73. The van der Waals surface area contributed by atoms with Gasteiger partial charge in [0.15, 0.2) is 17.3 Å². The van der Waals surface area contributed by atoms with Crippen molar-refractivity contribution in [2.24, 2.45) is 0 Å². The number of ether oxygens (including phenoxy) is 2. The molecule has 2 rings (SSSR count). The zero-order valence-corrected chi connectivity index (χ0v) is 15.5. The molecule has 0 bridgehead atoms. The van der Waals surface area contributed by atoms with Crippen molar-refractivity contribution >= 4 is 17.3 Å². The second kappa shape index (κ2) is 8.70. The molecule has 0 radical (unpaired) electrons. The molecule has 136 valence electrons. The molecule has 1 N–H and O–H groups in total. The molecular weight excluding hydrogens is 318 g/mol. The number of nitrogens with one attached hydrogen (secondary N) is 1. The van der Waals surface area contributed by atoms with Crippen LogP contribution in [0.15, 0.2) is 17.7 Å². The third kappa shape index (κ3) is 3.86. The number of carbonyl (C=O) groups excluding carboxylic acids is 2. The molecule has 0 atom stereocenters. The maximum atomic E-state index is 12.9. The van der Waals surface area contributed by atoms with Gasteiger partial charge in [-0.15, -0.1) is 0 Å². The Morgan fingerprint density at radius 1 is 1.00 bits per heavy atom. The monoisotopic (exact) mass is 345 g/mol. The lowest BCUT2D eigenvalue weighted by Gasteiger charge is -2.11. The topological polar surface area (TPSA) is 64.6 Å². The standard InChI is InChI=1S/C20H27NO4/c1-5-7-9-13-14-11-16(24-3)17(25-4)12-15(14)19(22)18(13)20(23)21-10-8-6-2/h11-12H,5-10H2,1-4H3,(H,21,23). The zero-order chi connectivity index (χ0) is 18.4. The van der Waals surface area contributed by atoms with Gasteiger partial charge in [0.25, 0.3) is 5.91 Å². The minimum absolute atomic E-state index is 0.226. The second-order valence-corrected chi connectivity index (χ2v) is 6.15. The van der Waals surface area contributed by atoms with E-state index in [0.717, 1.165) is 36.8 Å². The maximum Gasteiger partial charge on any atom is 0.255 e. The molecule has 0 spiro atoms. The van der Waals surface area contributed by atoms with Crippen molar-refractivity contribution in [3.05, 3.63) is 28.8 Å². The fourth-order valence-corrected chi connectivity index (χ4v) is 3.04. The Bertz CT molecular complexity index is 691. The molecular formula is C20H27NO4. The van der Waals surface area contributed by atoms with Crippen LogP contribution in [0, 0.1) is 0 Å². The Morgan fingerprint density at radius 2 is 1.60 bits per heavy atom. The lowest BCUT2D eigenvalue weighted by Crippen LogP contribution is -2.28. The number of fused-ring (bicyclic) bond motifs is 1. The number of unbranched alkanes of at least 4 members (excludes halogenated alkanes) is 2. The van der Waals surface area contributed by atoms with Crippen molar-refractivity contribution in [2.75, 3.05) is 20.8 Å². The van der Waals surface area contributed by atoms with Gasteiger partial charge in [-0.05, 0) is 42.5 Å². The molecule has 1 aliphatic carbocycles. The van der Waals surface area contributed by atoms with Crippen LogP contribution in [-0.2, 0) is 4.79 Å². The molecule has 5 heteroatoms. The summed E-state index contributed by atoms with van der Waals surface area (Å²) in [5.41, 5.74) is 2.40. The Kier molecular flexibility index (Phi) is 6.62. The summed E-state index contributed by atoms with van der Waals surface area (Å²) in [4.78, 5) is 25.5. The van der Waals surface area contributed by atoms with Crippen molar-refractivity contribution in [3.8, 4) is 11.5 Å². The number of Topliss-reactive ketones (excluding diaryl/α,β-unsaturated/α-hetero) is 1. The molecule has 0 saturated heterocycles. The predicted octanol–water partition coefficient (Wildman–Crippen LogP) is 3.76. The van der Waals surface area contributed by atoms with Crippen LogP contribution in [0.4, 0.5) is 0 Å². The molecule has 0 unspecified atom stereocenters. The van der Waals surface area contributed by atoms with Gasteiger partial charge < -0.3 is 14.8 Å². The number of benzene rings is 1. The molecule has 1 aromatic rings. The van der Waals surface area contributed by atoms with E-state index in [2.05, 4.69) is 19.2 Å². The van der Waals surface area contributed by atoms with E-state index in [-0.39, 0.29) is 17.3 Å². The van der Waals surface area contributed by atoms with E-state index in [1.54, 1.807) is 13.2 Å². The summed E-state index contributed by atoms with van der Waals surface area (Å²) in [6.07, 6.45) is 4.49. The number of amides is 1. The van der Waals surface area contributed by atoms with Crippen LogP contribution < -0.4 is 14.8 Å². The number of carbonyl (C=O) groups is 2. The minimum atomic E-state index is -0.279. The van der Waals surface area contributed by atoms with E-state index >= 15 is 0 Å². The summed E-state index contributed by atoms with van der Waals surface area (Å²) < 4.78 is 10.7. The highest BCUT2D eigenvalue weighted by atomic mass is 16.5. The number of methoxy groups -OCH3 is 2. The first-order chi connectivity index (χ1) is 12.1. The first-order valence-electron chi connectivity index (χ1n) is 8.91. The largest absolute Gasteiger partial charge is 0.493 e. The Labute approximate surface area is 149 Å². The highest BCUT2D eigenvalue weighted by Crippen LogP contribution is 2.42.